The Hall–Kier alpha value is -1.77. The number of aromatic hydroxyl groups is 2. The van der Waals surface area contributed by atoms with Gasteiger partial charge in [-0.05, 0) is 25.0 Å². The fourth-order valence-corrected chi connectivity index (χ4v) is 2.66. The standard InChI is InChI=1S/C18H25NO2/c1-2-3-4-5-6-7-8-13-16-18(21)17(20)14-11-9-10-12-15(14)19-16/h9-12,21H,2-8,13H2,1H3,(H,19,20). The Labute approximate surface area is 126 Å². The van der Waals surface area contributed by atoms with E-state index >= 15 is 0 Å². The van der Waals surface area contributed by atoms with E-state index in [0.717, 1.165) is 24.8 Å². The van der Waals surface area contributed by atoms with Crippen LogP contribution in [0.15, 0.2) is 24.3 Å². The lowest BCUT2D eigenvalue weighted by atomic mass is 10.1. The zero-order chi connectivity index (χ0) is 15.1. The molecule has 0 aliphatic carbocycles. The van der Waals surface area contributed by atoms with Crippen molar-refractivity contribution in [1.82, 2.24) is 4.98 Å². The maximum atomic E-state index is 10.1. The molecule has 0 aliphatic heterocycles. The lowest BCUT2D eigenvalue weighted by Crippen LogP contribution is -1.93. The Morgan fingerprint density at radius 2 is 1.52 bits per heavy atom. The van der Waals surface area contributed by atoms with Gasteiger partial charge in [0.2, 0.25) is 0 Å². The third-order valence-corrected chi connectivity index (χ3v) is 3.93. The van der Waals surface area contributed by atoms with Gasteiger partial charge in [0.25, 0.3) is 0 Å². The molecule has 0 aliphatic rings. The summed E-state index contributed by atoms with van der Waals surface area (Å²) in [6.07, 6.45) is 9.31. The molecule has 0 fully saturated rings. The number of aryl methyl sites for hydroxylation is 1. The van der Waals surface area contributed by atoms with E-state index in [4.69, 9.17) is 0 Å². The van der Waals surface area contributed by atoms with Crippen LogP contribution in [0.3, 0.4) is 0 Å². The van der Waals surface area contributed by atoms with Crippen LogP contribution in [0.4, 0.5) is 0 Å². The quantitative estimate of drug-likeness (QED) is 0.676. The van der Waals surface area contributed by atoms with Gasteiger partial charge in [-0.25, -0.2) is 4.98 Å². The maximum Gasteiger partial charge on any atom is 0.180 e. The molecule has 2 rings (SSSR count). The number of benzene rings is 1. The van der Waals surface area contributed by atoms with E-state index in [1.54, 1.807) is 6.07 Å². The van der Waals surface area contributed by atoms with Gasteiger partial charge in [0.05, 0.1) is 11.2 Å². The molecule has 21 heavy (non-hydrogen) atoms. The van der Waals surface area contributed by atoms with Crippen molar-refractivity contribution in [3.8, 4) is 11.5 Å². The van der Waals surface area contributed by atoms with Crippen molar-refractivity contribution < 1.29 is 10.2 Å². The second kappa shape index (κ2) is 7.87. The maximum absolute atomic E-state index is 10.1. The highest BCUT2D eigenvalue weighted by molar-refractivity contribution is 5.87. The van der Waals surface area contributed by atoms with Gasteiger partial charge in [-0.2, -0.15) is 0 Å². The first-order valence-electron chi connectivity index (χ1n) is 8.03. The van der Waals surface area contributed by atoms with Crippen molar-refractivity contribution in [2.45, 2.75) is 58.3 Å². The number of hydrogen-bond acceptors (Lipinski definition) is 3. The van der Waals surface area contributed by atoms with Crippen LogP contribution in [0, 0.1) is 0 Å². The second-order valence-electron chi connectivity index (χ2n) is 5.64. The number of hydrogen-bond donors (Lipinski definition) is 2. The summed E-state index contributed by atoms with van der Waals surface area (Å²) in [5.41, 5.74) is 1.35. The largest absolute Gasteiger partial charge is 0.504 e. The number of pyridine rings is 1. The van der Waals surface area contributed by atoms with Crippen LogP contribution in [-0.2, 0) is 6.42 Å². The molecule has 0 saturated carbocycles. The van der Waals surface area contributed by atoms with Crippen molar-refractivity contribution in [2.24, 2.45) is 0 Å². The molecule has 0 atom stereocenters. The van der Waals surface area contributed by atoms with Gasteiger partial charge in [0.15, 0.2) is 11.5 Å². The van der Waals surface area contributed by atoms with Gasteiger partial charge in [0, 0.05) is 5.39 Å². The summed E-state index contributed by atoms with van der Waals surface area (Å²) in [7, 11) is 0. The Morgan fingerprint density at radius 1 is 0.857 bits per heavy atom. The predicted molar refractivity (Wildman–Crippen MR) is 86.8 cm³/mol. The van der Waals surface area contributed by atoms with Crippen LogP contribution >= 0.6 is 0 Å². The van der Waals surface area contributed by atoms with Crippen molar-refractivity contribution in [3.63, 3.8) is 0 Å². The molecule has 2 aromatic rings. The molecule has 1 aromatic heterocycles. The molecule has 3 nitrogen and oxygen atoms in total. The normalized spacial score (nSPS) is 11.1. The average Bonchev–Trinajstić information content (AvgIpc) is 2.51. The van der Waals surface area contributed by atoms with Gasteiger partial charge in [-0.15, -0.1) is 0 Å². The number of para-hydroxylation sites is 1. The third-order valence-electron chi connectivity index (χ3n) is 3.93. The molecule has 0 radical (unpaired) electrons. The Morgan fingerprint density at radius 3 is 2.29 bits per heavy atom. The Bertz CT molecular complexity index is 581. The van der Waals surface area contributed by atoms with Crippen LogP contribution < -0.4 is 0 Å². The Kier molecular flexibility index (Phi) is 5.85. The van der Waals surface area contributed by atoms with Gasteiger partial charge < -0.3 is 10.2 Å². The van der Waals surface area contributed by atoms with Crippen molar-refractivity contribution in [2.75, 3.05) is 0 Å². The van der Waals surface area contributed by atoms with Gasteiger partial charge in [-0.3, -0.25) is 0 Å². The molecule has 0 bridgehead atoms. The lowest BCUT2D eigenvalue weighted by molar-refractivity contribution is 0.400. The van der Waals surface area contributed by atoms with E-state index in [1.807, 2.05) is 18.2 Å². The van der Waals surface area contributed by atoms with E-state index in [9.17, 15) is 10.2 Å². The smallest absolute Gasteiger partial charge is 0.180 e. The fourth-order valence-electron chi connectivity index (χ4n) is 2.66. The second-order valence-corrected chi connectivity index (χ2v) is 5.64. The summed E-state index contributed by atoms with van der Waals surface area (Å²) in [6, 6.07) is 7.36. The summed E-state index contributed by atoms with van der Waals surface area (Å²) in [5.74, 6) is -0.0989. The summed E-state index contributed by atoms with van der Waals surface area (Å²) in [6.45, 7) is 2.22. The molecule has 1 aromatic carbocycles. The molecular formula is C18H25NO2. The first kappa shape index (κ1) is 15.6. The van der Waals surface area contributed by atoms with Gasteiger partial charge in [0.1, 0.15) is 0 Å². The highest BCUT2D eigenvalue weighted by atomic mass is 16.3. The van der Waals surface area contributed by atoms with E-state index in [-0.39, 0.29) is 11.5 Å². The first-order valence-corrected chi connectivity index (χ1v) is 8.03. The molecule has 0 amide bonds. The zero-order valence-corrected chi connectivity index (χ0v) is 12.8. The average molecular weight is 287 g/mol. The SMILES string of the molecule is CCCCCCCCCc1nc2ccccc2c(O)c1O. The highest BCUT2D eigenvalue weighted by Gasteiger charge is 2.12. The van der Waals surface area contributed by atoms with Crippen LogP contribution in [0.1, 0.15) is 57.6 Å². The van der Waals surface area contributed by atoms with Crippen LogP contribution in [0.25, 0.3) is 10.9 Å². The summed E-state index contributed by atoms with van der Waals surface area (Å²) in [5, 5.41) is 20.7. The summed E-state index contributed by atoms with van der Waals surface area (Å²) >= 11 is 0. The van der Waals surface area contributed by atoms with E-state index in [0.29, 0.717) is 11.1 Å². The van der Waals surface area contributed by atoms with Crippen molar-refractivity contribution in [1.29, 1.82) is 0 Å². The fraction of sp³-hybridized carbons (Fsp3) is 0.500. The number of aromatic nitrogens is 1. The van der Waals surface area contributed by atoms with Gasteiger partial charge >= 0.3 is 0 Å². The van der Waals surface area contributed by atoms with E-state index < -0.39 is 0 Å². The summed E-state index contributed by atoms with van der Waals surface area (Å²) in [4.78, 5) is 4.47. The van der Waals surface area contributed by atoms with Crippen LogP contribution in [0.5, 0.6) is 11.5 Å². The molecule has 0 saturated heterocycles. The number of rotatable bonds is 8. The monoisotopic (exact) mass is 287 g/mol. The van der Waals surface area contributed by atoms with E-state index in [2.05, 4.69) is 11.9 Å². The molecule has 114 valence electrons. The molecule has 0 unspecified atom stereocenters. The minimum Gasteiger partial charge on any atom is -0.504 e. The van der Waals surface area contributed by atoms with Crippen molar-refractivity contribution in [3.05, 3.63) is 30.0 Å². The highest BCUT2D eigenvalue weighted by Crippen LogP contribution is 2.35. The number of nitrogens with zero attached hydrogens (tertiary/aromatic N) is 1. The minimum atomic E-state index is -0.0558. The molecule has 0 spiro atoms. The number of unbranched alkanes of at least 4 members (excludes halogenated alkanes) is 6. The van der Waals surface area contributed by atoms with Crippen molar-refractivity contribution >= 4 is 10.9 Å². The van der Waals surface area contributed by atoms with Gasteiger partial charge in [-0.1, -0.05) is 57.6 Å². The molecule has 2 N–H and O–H groups in total. The molecular weight excluding hydrogens is 262 g/mol. The predicted octanol–water partition coefficient (Wildman–Crippen LogP) is 4.94. The zero-order valence-electron chi connectivity index (χ0n) is 12.8. The lowest BCUT2D eigenvalue weighted by Gasteiger charge is -2.09. The molecule has 3 heteroatoms. The number of fused-ring (bicyclic) bond motifs is 1. The first-order chi connectivity index (χ1) is 10.2. The minimum absolute atomic E-state index is 0.0430. The third kappa shape index (κ3) is 4.10. The topological polar surface area (TPSA) is 53.4 Å². The van der Waals surface area contributed by atoms with Crippen LogP contribution in [0.2, 0.25) is 0 Å². The van der Waals surface area contributed by atoms with Crippen LogP contribution in [-0.4, -0.2) is 15.2 Å². The van der Waals surface area contributed by atoms with E-state index in [1.165, 1.54) is 32.1 Å². The summed E-state index contributed by atoms with van der Waals surface area (Å²) < 4.78 is 0. The Balaban J connectivity index is 1.91. The molecule has 1 heterocycles.